The number of hydrogen-bond donors (Lipinski definition) is 1. The molecule has 0 radical (unpaired) electrons. The van der Waals surface area contributed by atoms with Crippen LogP contribution in [0.1, 0.15) is 44.2 Å². The lowest BCUT2D eigenvalue weighted by molar-refractivity contribution is -0.488. The molecule has 178 valence electrons. The van der Waals surface area contributed by atoms with Crippen LogP contribution in [0, 0.1) is 0 Å². The molecule has 0 aliphatic heterocycles. The predicted octanol–water partition coefficient (Wildman–Crippen LogP) is 6.53. The van der Waals surface area contributed by atoms with Crippen LogP contribution in [0.5, 0.6) is 0 Å². The molecule has 0 amide bonds. The number of alkyl halides is 11. The zero-order valence-corrected chi connectivity index (χ0v) is 16.2. The molecule has 1 nitrogen and oxygen atoms in total. The topological polar surface area (TPSA) is 20.2 Å². The molecule has 1 unspecified atom stereocenters. The van der Waals surface area contributed by atoms with Gasteiger partial charge in [-0.25, -0.2) is 4.39 Å². The van der Waals surface area contributed by atoms with Crippen molar-refractivity contribution in [3.63, 3.8) is 0 Å². The summed E-state index contributed by atoms with van der Waals surface area (Å²) in [7, 11) is 0. The van der Waals surface area contributed by atoms with E-state index in [2.05, 4.69) is 0 Å². The van der Waals surface area contributed by atoms with Gasteiger partial charge < -0.3 is 5.11 Å². The van der Waals surface area contributed by atoms with Crippen LogP contribution in [0.4, 0.5) is 48.3 Å². The molecule has 1 fully saturated rings. The predicted molar refractivity (Wildman–Crippen MR) is 87.8 cm³/mol. The van der Waals surface area contributed by atoms with Crippen molar-refractivity contribution in [1.82, 2.24) is 0 Å². The van der Waals surface area contributed by atoms with Crippen molar-refractivity contribution in [1.29, 1.82) is 0 Å². The number of hydrogen-bond acceptors (Lipinski definition) is 1. The van der Waals surface area contributed by atoms with Gasteiger partial charge in [-0.15, -0.1) is 0 Å². The molecule has 1 N–H and O–H groups in total. The van der Waals surface area contributed by atoms with Crippen LogP contribution in [0.25, 0.3) is 0 Å². The Labute approximate surface area is 170 Å². The van der Waals surface area contributed by atoms with Crippen LogP contribution in [-0.2, 0) is 12.0 Å². The van der Waals surface area contributed by atoms with Crippen molar-refractivity contribution >= 4 is 0 Å². The van der Waals surface area contributed by atoms with Gasteiger partial charge >= 0.3 is 29.6 Å². The third-order valence-corrected chi connectivity index (χ3v) is 5.56. The Kier molecular flexibility index (Phi) is 5.97. The monoisotopic (exact) mass is 472 g/mol. The minimum absolute atomic E-state index is 0.124. The van der Waals surface area contributed by atoms with E-state index >= 15 is 4.39 Å². The van der Waals surface area contributed by atoms with E-state index in [1.807, 2.05) is 0 Å². The van der Waals surface area contributed by atoms with E-state index in [-0.39, 0.29) is 12.0 Å². The van der Waals surface area contributed by atoms with Gasteiger partial charge in [-0.2, -0.15) is 43.9 Å². The fraction of sp³-hybridized carbons (Fsp3) is 0.684. The van der Waals surface area contributed by atoms with E-state index in [1.54, 1.807) is 6.92 Å². The van der Waals surface area contributed by atoms with Gasteiger partial charge in [0.2, 0.25) is 0 Å². The number of aryl methyl sites for hydroxylation is 1. The van der Waals surface area contributed by atoms with Crippen LogP contribution >= 0.6 is 0 Å². The minimum Gasteiger partial charge on any atom is -0.385 e. The number of rotatable bonds is 6. The van der Waals surface area contributed by atoms with Gasteiger partial charge in [-0.05, 0) is 30.9 Å². The second-order valence-electron chi connectivity index (χ2n) is 7.88. The lowest BCUT2D eigenvalue weighted by Gasteiger charge is -2.53. The van der Waals surface area contributed by atoms with E-state index in [0.29, 0.717) is 19.8 Å². The molecule has 1 aromatic rings. The van der Waals surface area contributed by atoms with Crippen molar-refractivity contribution in [2.75, 3.05) is 0 Å². The van der Waals surface area contributed by atoms with E-state index in [1.165, 1.54) is 18.2 Å². The van der Waals surface area contributed by atoms with Crippen LogP contribution in [0.15, 0.2) is 24.3 Å². The lowest BCUT2D eigenvalue weighted by atomic mass is 9.67. The van der Waals surface area contributed by atoms with E-state index in [9.17, 15) is 49.0 Å². The molecule has 1 atom stereocenters. The van der Waals surface area contributed by atoms with Gasteiger partial charge in [-0.1, -0.05) is 37.6 Å². The van der Waals surface area contributed by atoms with Gasteiger partial charge in [-0.3, -0.25) is 0 Å². The smallest absolute Gasteiger partial charge is 0.384 e. The molecule has 2 rings (SSSR count). The third kappa shape index (κ3) is 3.14. The van der Waals surface area contributed by atoms with Crippen LogP contribution < -0.4 is 0 Å². The fourth-order valence-electron chi connectivity index (χ4n) is 3.71. The lowest BCUT2D eigenvalue weighted by Crippen LogP contribution is -2.84. The zero-order valence-electron chi connectivity index (χ0n) is 16.2. The molecule has 0 spiro atoms. The standard InChI is InChI=1S/C19H19F11O/c1-3-4-7-11-8-5-6-9-12(11)13(2,31)10-14(20)15(21,22)17(25,26)19(29,30)18(27,28)16(14,23)24/h5-6,8-9,31H,3-4,7,10H2,1-2H3. The molecule has 1 aliphatic carbocycles. The van der Waals surface area contributed by atoms with Crippen LogP contribution in [0.3, 0.4) is 0 Å². The average molecular weight is 472 g/mol. The van der Waals surface area contributed by atoms with Crippen LogP contribution in [-0.4, -0.2) is 40.4 Å². The highest BCUT2D eigenvalue weighted by molar-refractivity contribution is 5.35. The number of aliphatic hydroxyl groups is 1. The summed E-state index contributed by atoms with van der Waals surface area (Å²) in [6, 6.07) is 4.86. The first-order valence-electron chi connectivity index (χ1n) is 9.15. The first-order chi connectivity index (χ1) is 13.8. The number of unbranched alkanes of at least 4 members (excludes halogenated alkanes) is 1. The second-order valence-corrected chi connectivity index (χ2v) is 7.88. The maximum absolute atomic E-state index is 15.1. The van der Waals surface area contributed by atoms with Crippen molar-refractivity contribution in [2.24, 2.45) is 0 Å². The normalized spacial score (nSPS) is 26.8. The van der Waals surface area contributed by atoms with E-state index < -0.39 is 52.9 Å². The Morgan fingerprint density at radius 3 is 1.61 bits per heavy atom. The Balaban J connectivity index is 2.68. The minimum atomic E-state index is -7.27. The molecular weight excluding hydrogens is 453 g/mol. The average Bonchev–Trinajstić information content (AvgIpc) is 2.64. The highest BCUT2D eigenvalue weighted by Gasteiger charge is 3.01. The molecular formula is C19H19F11O. The zero-order chi connectivity index (χ0) is 24.3. The summed E-state index contributed by atoms with van der Waals surface area (Å²) >= 11 is 0. The first kappa shape index (κ1) is 25.7. The maximum atomic E-state index is 15.1. The molecule has 0 aromatic heterocycles. The van der Waals surface area contributed by atoms with Crippen molar-refractivity contribution in [3.8, 4) is 0 Å². The molecule has 1 aliphatic rings. The quantitative estimate of drug-likeness (QED) is 0.467. The molecule has 12 heteroatoms. The number of benzene rings is 1. The highest BCUT2D eigenvalue weighted by atomic mass is 19.4. The van der Waals surface area contributed by atoms with Gasteiger partial charge in [0, 0.05) is 6.42 Å². The molecule has 0 saturated heterocycles. The Morgan fingerprint density at radius 1 is 0.742 bits per heavy atom. The van der Waals surface area contributed by atoms with Crippen LogP contribution in [0.2, 0.25) is 0 Å². The Morgan fingerprint density at radius 2 is 1.16 bits per heavy atom. The molecule has 31 heavy (non-hydrogen) atoms. The summed E-state index contributed by atoms with van der Waals surface area (Å²) in [5.74, 6) is -35.6. The number of halogens is 11. The van der Waals surface area contributed by atoms with Gasteiger partial charge in [0.25, 0.3) is 5.67 Å². The maximum Gasteiger partial charge on any atom is 0.384 e. The molecule has 0 bridgehead atoms. The van der Waals surface area contributed by atoms with Gasteiger partial charge in [0.1, 0.15) is 0 Å². The third-order valence-electron chi connectivity index (χ3n) is 5.56. The highest BCUT2D eigenvalue weighted by Crippen LogP contribution is 2.71. The van der Waals surface area contributed by atoms with E-state index in [0.717, 1.165) is 6.07 Å². The first-order valence-corrected chi connectivity index (χ1v) is 9.15. The fourth-order valence-corrected chi connectivity index (χ4v) is 3.71. The largest absolute Gasteiger partial charge is 0.385 e. The van der Waals surface area contributed by atoms with Gasteiger partial charge in [0.15, 0.2) is 0 Å². The SMILES string of the molecule is CCCCc1ccccc1C(C)(O)CC1(F)C(F)(F)C(F)(F)C(F)(F)C(F)(F)C1(F)F. The summed E-state index contributed by atoms with van der Waals surface area (Å²) in [5, 5.41) is 10.5. The van der Waals surface area contributed by atoms with Crippen molar-refractivity contribution in [3.05, 3.63) is 35.4 Å². The Bertz CT molecular complexity index is 787. The Hall–Kier alpha value is -1.59. The summed E-state index contributed by atoms with van der Waals surface area (Å²) in [6.45, 7) is 2.22. The summed E-state index contributed by atoms with van der Waals surface area (Å²) < 4.78 is 153. The molecule has 1 saturated carbocycles. The summed E-state index contributed by atoms with van der Waals surface area (Å²) in [5.41, 5.74) is -9.68. The van der Waals surface area contributed by atoms with Crippen molar-refractivity contribution in [2.45, 2.75) is 80.4 Å². The molecule has 1 aromatic carbocycles. The van der Waals surface area contributed by atoms with Gasteiger partial charge in [0.05, 0.1) is 5.60 Å². The summed E-state index contributed by atoms with van der Waals surface area (Å²) in [6.07, 6.45) is -1.57. The van der Waals surface area contributed by atoms with E-state index in [4.69, 9.17) is 0 Å². The summed E-state index contributed by atoms with van der Waals surface area (Å²) in [4.78, 5) is 0. The second kappa shape index (κ2) is 7.21. The molecule has 0 heterocycles. The van der Waals surface area contributed by atoms with Crippen molar-refractivity contribution < 1.29 is 53.4 Å².